The van der Waals surface area contributed by atoms with Crippen LogP contribution in [-0.2, 0) is 9.53 Å². The highest BCUT2D eigenvalue weighted by Gasteiger charge is 2.34. The van der Waals surface area contributed by atoms with E-state index < -0.39 is 23.9 Å². The van der Waals surface area contributed by atoms with Gasteiger partial charge in [-0.2, -0.15) is 0 Å². The zero-order chi connectivity index (χ0) is 17.1. The predicted molar refractivity (Wildman–Crippen MR) is 81.0 cm³/mol. The molecule has 8 heteroatoms. The number of imide groups is 1. The molecule has 1 saturated heterocycles. The van der Waals surface area contributed by atoms with Crippen LogP contribution in [-0.4, -0.2) is 41.1 Å². The normalized spacial score (nSPS) is 15.3. The van der Waals surface area contributed by atoms with Gasteiger partial charge < -0.3 is 14.6 Å². The average Bonchev–Trinajstić information content (AvgIpc) is 3.15. The van der Waals surface area contributed by atoms with Gasteiger partial charge in [0.05, 0.1) is 18.8 Å². The van der Waals surface area contributed by atoms with Gasteiger partial charge in [0.1, 0.15) is 11.3 Å². The van der Waals surface area contributed by atoms with Gasteiger partial charge >= 0.3 is 6.09 Å². The minimum absolute atomic E-state index is 0.0161. The van der Waals surface area contributed by atoms with Crippen molar-refractivity contribution in [2.24, 2.45) is 0 Å². The van der Waals surface area contributed by atoms with Crippen molar-refractivity contribution in [3.05, 3.63) is 53.4 Å². The van der Waals surface area contributed by atoms with Crippen LogP contribution in [0.2, 0.25) is 0 Å². The summed E-state index contributed by atoms with van der Waals surface area (Å²) in [6.07, 6.45) is 0.610. The van der Waals surface area contributed by atoms with Crippen molar-refractivity contribution in [2.45, 2.75) is 13.0 Å². The van der Waals surface area contributed by atoms with Gasteiger partial charge in [0.25, 0.3) is 11.8 Å². The summed E-state index contributed by atoms with van der Waals surface area (Å²) in [6, 6.07) is 8.48. The molecule has 0 bridgehead atoms. The Morgan fingerprint density at radius 2 is 2.08 bits per heavy atom. The quantitative estimate of drug-likeness (QED) is 0.890. The predicted octanol–water partition coefficient (Wildman–Crippen LogP) is 1.43. The van der Waals surface area contributed by atoms with E-state index >= 15 is 0 Å². The first kappa shape index (κ1) is 15.7. The third kappa shape index (κ3) is 3.12. The van der Waals surface area contributed by atoms with Gasteiger partial charge in [0.15, 0.2) is 6.61 Å². The summed E-state index contributed by atoms with van der Waals surface area (Å²) in [5.74, 6) is -0.449. The lowest BCUT2D eigenvalue weighted by molar-refractivity contribution is -0.126. The number of ether oxygens (including phenoxy) is 1. The second-order valence-corrected chi connectivity index (χ2v) is 5.29. The number of cyclic esters (lactones) is 1. The van der Waals surface area contributed by atoms with Crippen LogP contribution in [0.25, 0.3) is 0 Å². The van der Waals surface area contributed by atoms with Gasteiger partial charge in [-0.15, -0.1) is 0 Å². The van der Waals surface area contributed by atoms with E-state index in [1.54, 1.807) is 19.1 Å². The van der Waals surface area contributed by atoms with E-state index in [2.05, 4.69) is 10.5 Å². The van der Waals surface area contributed by atoms with Crippen molar-refractivity contribution in [2.75, 3.05) is 13.2 Å². The first-order valence-corrected chi connectivity index (χ1v) is 7.30. The van der Waals surface area contributed by atoms with Gasteiger partial charge in [-0.05, 0) is 12.5 Å². The van der Waals surface area contributed by atoms with E-state index in [-0.39, 0.29) is 13.2 Å². The number of nitrogens with zero attached hydrogens (tertiary/aromatic N) is 2. The fourth-order valence-electron chi connectivity index (χ4n) is 2.41. The summed E-state index contributed by atoms with van der Waals surface area (Å²) in [6.45, 7) is 1.33. The summed E-state index contributed by atoms with van der Waals surface area (Å²) < 4.78 is 9.60. The first-order valence-electron chi connectivity index (χ1n) is 7.30. The van der Waals surface area contributed by atoms with Crippen LogP contribution in [0.1, 0.15) is 27.7 Å². The topological polar surface area (TPSA) is 102 Å². The minimum Gasteiger partial charge on any atom is -0.439 e. The van der Waals surface area contributed by atoms with Gasteiger partial charge in [0, 0.05) is 0 Å². The zero-order valence-electron chi connectivity index (χ0n) is 12.9. The van der Waals surface area contributed by atoms with Gasteiger partial charge in [-0.3, -0.25) is 9.59 Å². The number of hydrogen-bond acceptors (Lipinski definition) is 6. The Labute approximate surface area is 137 Å². The lowest BCUT2D eigenvalue weighted by atomic mass is 10.1. The van der Waals surface area contributed by atoms with E-state index in [0.717, 1.165) is 10.5 Å². The Morgan fingerprint density at radius 3 is 2.67 bits per heavy atom. The Hall–Kier alpha value is -3.16. The number of benzene rings is 1. The molecule has 1 N–H and O–H groups in total. The fraction of sp³-hybridized carbons (Fsp3) is 0.250. The monoisotopic (exact) mass is 329 g/mol. The molecule has 124 valence electrons. The Kier molecular flexibility index (Phi) is 4.28. The molecule has 1 aliphatic rings. The van der Waals surface area contributed by atoms with Crippen LogP contribution in [0.15, 0.2) is 41.1 Å². The highest BCUT2D eigenvalue weighted by molar-refractivity contribution is 5.98. The lowest BCUT2D eigenvalue weighted by Crippen LogP contribution is -2.40. The maximum absolute atomic E-state index is 12.4. The second kappa shape index (κ2) is 6.53. The Balaban J connectivity index is 1.83. The van der Waals surface area contributed by atoms with Crippen molar-refractivity contribution >= 4 is 17.9 Å². The number of carbonyl (C=O) groups is 3. The molecule has 1 aromatic carbocycles. The summed E-state index contributed by atoms with van der Waals surface area (Å²) in [5.41, 5.74) is 1.05. The molecule has 3 rings (SSSR count). The molecule has 0 aliphatic carbocycles. The molecule has 0 spiro atoms. The lowest BCUT2D eigenvalue weighted by Gasteiger charge is -2.22. The molecule has 0 radical (unpaired) electrons. The van der Waals surface area contributed by atoms with Crippen LogP contribution in [0, 0.1) is 6.92 Å². The molecule has 1 atom stereocenters. The third-order valence-corrected chi connectivity index (χ3v) is 3.71. The number of hydrogen-bond donors (Lipinski definition) is 1. The number of aryl methyl sites for hydroxylation is 1. The number of amides is 3. The van der Waals surface area contributed by atoms with Gasteiger partial charge in [-0.25, -0.2) is 9.69 Å². The molecule has 0 saturated carbocycles. The van der Waals surface area contributed by atoms with E-state index in [0.29, 0.717) is 11.3 Å². The molecule has 2 aromatic rings. The third-order valence-electron chi connectivity index (χ3n) is 3.71. The minimum atomic E-state index is -0.712. The zero-order valence-corrected chi connectivity index (χ0v) is 12.9. The van der Waals surface area contributed by atoms with Crippen LogP contribution in [0.5, 0.6) is 0 Å². The maximum atomic E-state index is 12.4. The van der Waals surface area contributed by atoms with Crippen LogP contribution in [0.4, 0.5) is 4.79 Å². The van der Waals surface area contributed by atoms with Crippen molar-refractivity contribution in [3.63, 3.8) is 0 Å². The summed E-state index contributed by atoms with van der Waals surface area (Å²) in [7, 11) is 0. The van der Waals surface area contributed by atoms with Gasteiger partial charge in [-0.1, -0.05) is 35.5 Å². The van der Waals surface area contributed by atoms with Crippen LogP contribution < -0.4 is 5.32 Å². The molecule has 8 nitrogen and oxygen atoms in total. The SMILES string of the molecule is Cc1oncc1C(=O)NC(CN1C(=O)COC1=O)c1ccccc1. The molecule has 1 aromatic heterocycles. The smallest absolute Gasteiger partial charge is 0.417 e. The molecule has 2 heterocycles. The van der Waals surface area contributed by atoms with Crippen LogP contribution in [0.3, 0.4) is 0 Å². The largest absolute Gasteiger partial charge is 0.439 e. The molecular weight excluding hydrogens is 314 g/mol. The molecule has 1 unspecified atom stereocenters. The number of aromatic nitrogens is 1. The first-order chi connectivity index (χ1) is 11.6. The van der Waals surface area contributed by atoms with Crippen molar-refractivity contribution in [3.8, 4) is 0 Å². The molecule has 1 aliphatic heterocycles. The van der Waals surface area contributed by atoms with E-state index in [1.165, 1.54) is 6.20 Å². The standard InChI is InChI=1S/C16H15N3O5/c1-10-12(7-17-24-10)15(21)18-13(11-5-3-2-4-6-11)8-19-14(20)9-23-16(19)22/h2-7,13H,8-9H2,1H3,(H,18,21). The molecule has 3 amide bonds. The number of rotatable bonds is 5. The highest BCUT2D eigenvalue weighted by atomic mass is 16.6. The van der Waals surface area contributed by atoms with Crippen LogP contribution >= 0.6 is 0 Å². The number of carbonyl (C=O) groups excluding carboxylic acids is 3. The highest BCUT2D eigenvalue weighted by Crippen LogP contribution is 2.18. The van der Waals surface area contributed by atoms with Crippen molar-refractivity contribution in [1.82, 2.24) is 15.4 Å². The van der Waals surface area contributed by atoms with E-state index in [4.69, 9.17) is 9.26 Å². The molecule has 1 fully saturated rings. The second-order valence-electron chi connectivity index (χ2n) is 5.29. The van der Waals surface area contributed by atoms with E-state index in [1.807, 2.05) is 18.2 Å². The average molecular weight is 329 g/mol. The van der Waals surface area contributed by atoms with Crippen molar-refractivity contribution < 1.29 is 23.6 Å². The molecular formula is C16H15N3O5. The van der Waals surface area contributed by atoms with Gasteiger partial charge in [0.2, 0.25) is 0 Å². The maximum Gasteiger partial charge on any atom is 0.417 e. The Morgan fingerprint density at radius 1 is 1.33 bits per heavy atom. The summed E-state index contributed by atoms with van der Waals surface area (Å²) in [5, 5.41) is 6.38. The Bertz CT molecular complexity index is 755. The fourth-order valence-corrected chi connectivity index (χ4v) is 2.41. The van der Waals surface area contributed by atoms with Crippen molar-refractivity contribution in [1.29, 1.82) is 0 Å². The summed E-state index contributed by atoms with van der Waals surface area (Å²) in [4.78, 5) is 36.8. The molecule has 24 heavy (non-hydrogen) atoms. The summed E-state index contributed by atoms with van der Waals surface area (Å²) >= 11 is 0. The number of nitrogens with one attached hydrogen (secondary N) is 1. The van der Waals surface area contributed by atoms with E-state index in [9.17, 15) is 14.4 Å².